The Morgan fingerprint density at radius 2 is 1.91 bits per heavy atom. The molecule has 0 saturated heterocycles. The van der Waals surface area contributed by atoms with Gasteiger partial charge in [0.25, 0.3) is 5.91 Å². The van der Waals surface area contributed by atoms with Crippen LogP contribution in [0.2, 0.25) is 0 Å². The summed E-state index contributed by atoms with van der Waals surface area (Å²) in [5.74, 6) is -0.0420. The van der Waals surface area contributed by atoms with E-state index in [9.17, 15) is 14.0 Å². The molecule has 1 rings (SSSR count). The monoisotopic (exact) mass is 458 g/mol. The third kappa shape index (κ3) is 8.17. The minimum Gasteiger partial charge on any atom is -0.361 e. The van der Waals surface area contributed by atoms with Gasteiger partial charge >= 0.3 is 0 Å². The van der Waals surface area contributed by atoms with E-state index in [1.807, 2.05) is 26.8 Å². The number of aryl methyl sites for hydroxylation is 2. The van der Waals surface area contributed by atoms with Crippen LogP contribution >= 0.6 is 0 Å². The summed E-state index contributed by atoms with van der Waals surface area (Å²) < 4.78 is 12.9. The molecular formula is C26H39FN4O2. The first-order chi connectivity index (χ1) is 15.9. The van der Waals surface area contributed by atoms with Gasteiger partial charge in [-0.15, -0.1) is 0 Å². The molecule has 7 heteroatoms. The van der Waals surface area contributed by atoms with Crippen LogP contribution in [0.4, 0.5) is 4.39 Å². The van der Waals surface area contributed by atoms with Crippen molar-refractivity contribution in [1.29, 1.82) is 0 Å². The van der Waals surface area contributed by atoms with E-state index in [2.05, 4.69) is 40.9 Å². The number of aromatic nitrogens is 1. The molecule has 0 atom stereocenters. The highest BCUT2D eigenvalue weighted by Gasteiger charge is 2.19. The van der Waals surface area contributed by atoms with Gasteiger partial charge in [-0.1, -0.05) is 33.4 Å². The highest BCUT2D eigenvalue weighted by Crippen LogP contribution is 2.22. The van der Waals surface area contributed by atoms with Crippen molar-refractivity contribution in [3.8, 4) is 0 Å². The molecule has 0 aliphatic heterocycles. The lowest BCUT2D eigenvalue weighted by atomic mass is 10.0. The van der Waals surface area contributed by atoms with Gasteiger partial charge in [0.2, 0.25) is 6.41 Å². The fourth-order valence-corrected chi connectivity index (χ4v) is 3.84. The van der Waals surface area contributed by atoms with E-state index in [0.29, 0.717) is 43.4 Å². The number of hydrogen-bond donors (Lipinski definition) is 3. The third-order valence-corrected chi connectivity index (χ3v) is 5.83. The minimum atomic E-state index is -0.0420. The maximum absolute atomic E-state index is 12.9. The van der Waals surface area contributed by atoms with Crippen LogP contribution in [0.1, 0.15) is 61.4 Å². The zero-order chi connectivity index (χ0) is 24.8. The van der Waals surface area contributed by atoms with Crippen molar-refractivity contribution < 1.29 is 14.0 Å². The number of rotatable bonds is 15. The number of likely N-dealkylation sites (N-methyl/N-ethyl adjacent to an activating group) is 1. The van der Waals surface area contributed by atoms with Crippen molar-refractivity contribution >= 4 is 12.3 Å². The van der Waals surface area contributed by atoms with Crippen molar-refractivity contribution in [3.05, 3.63) is 70.5 Å². The number of aromatic amines is 1. The molecule has 1 aromatic heterocycles. The fourth-order valence-electron chi connectivity index (χ4n) is 3.84. The highest BCUT2D eigenvalue weighted by molar-refractivity contribution is 5.97. The Morgan fingerprint density at radius 3 is 2.45 bits per heavy atom. The number of carbonyl (C=O) groups is 2. The van der Waals surface area contributed by atoms with E-state index >= 15 is 0 Å². The van der Waals surface area contributed by atoms with Crippen LogP contribution in [-0.4, -0.2) is 48.4 Å². The fraction of sp³-hybridized carbons (Fsp3) is 0.462. The number of hydrogen-bond acceptors (Lipinski definition) is 3. The predicted molar refractivity (Wildman–Crippen MR) is 134 cm³/mol. The van der Waals surface area contributed by atoms with Crippen molar-refractivity contribution in [3.63, 3.8) is 0 Å². The number of H-pyrrole nitrogens is 1. The molecule has 182 valence electrons. The van der Waals surface area contributed by atoms with Crippen molar-refractivity contribution in [2.75, 3.05) is 26.2 Å². The predicted octanol–water partition coefficient (Wildman–Crippen LogP) is 4.51. The molecule has 1 aromatic rings. The number of halogens is 1. The molecule has 0 aliphatic carbocycles. The second-order valence-electron chi connectivity index (χ2n) is 7.73. The van der Waals surface area contributed by atoms with Crippen LogP contribution in [0.25, 0.3) is 0 Å². The number of nitrogens with zero attached hydrogens (tertiary/aromatic N) is 1. The molecule has 1 heterocycles. The second kappa shape index (κ2) is 15.0. The Kier molecular flexibility index (Phi) is 12.8. The third-order valence-electron chi connectivity index (χ3n) is 5.83. The molecule has 0 fully saturated rings. The van der Waals surface area contributed by atoms with Crippen LogP contribution in [0.5, 0.6) is 0 Å². The van der Waals surface area contributed by atoms with Gasteiger partial charge in [0, 0.05) is 35.7 Å². The summed E-state index contributed by atoms with van der Waals surface area (Å²) in [5, 5.41) is 5.60. The Hall–Kier alpha value is -2.93. The maximum Gasteiger partial charge on any atom is 0.253 e. The van der Waals surface area contributed by atoms with E-state index in [4.69, 9.17) is 0 Å². The van der Waals surface area contributed by atoms with Gasteiger partial charge in [-0.2, -0.15) is 0 Å². The van der Waals surface area contributed by atoms with Crippen LogP contribution < -0.4 is 10.6 Å². The molecule has 33 heavy (non-hydrogen) atoms. The van der Waals surface area contributed by atoms with Gasteiger partial charge in [0.15, 0.2) is 0 Å². The summed E-state index contributed by atoms with van der Waals surface area (Å²) >= 11 is 0. The second-order valence-corrected chi connectivity index (χ2v) is 7.73. The van der Waals surface area contributed by atoms with Crippen LogP contribution in [-0.2, 0) is 17.6 Å². The Morgan fingerprint density at radius 1 is 1.21 bits per heavy atom. The summed E-state index contributed by atoms with van der Waals surface area (Å²) in [6.07, 6.45) is 7.89. The maximum atomic E-state index is 12.9. The average Bonchev–Trinajstić information content (AvgIpc) is 3.14. The van der Waals surface area contributed by atoms with Crippen LogP contribution in [0.3, 0.4) is 0 Å². The molecule has 2 amide bonds. The number of amides is 2. The lowest BCUT2D eigenvalue weighted by Crippen LogP contribution is -2.35. The lowest BCUT2D eigenvalue weighted by molar-refractivity contribution is -0.108. The summed E-state index contributed by atoms with van der Waals surface area (Å²) in [5.41, 5.74) is 5.48. The molecular weight excluding hydrogens is 419 g/mol. The van der Waals surface area contributed by atoms with Gasteiger partial charge in [-0.05, 0) is 69.5 Å². The number of carbonyl (C=O) groups excluding carboxylic acids is 2. The Balaban J connectivity index is 2.97. The first kappa shape index (κ1) is 28.1. The Bertz CT molecular complexity index is 892. The topological polar surface area (TPSA) is 77.2 Å². The van der Waals surface area contributed by atoms with Gasteiger partial charge < -0.3 is 20.5 Å². The zero-order valence-corrected chi connectivity index (χ0v) is 20.7. The molecule has 6 nitrogen and oxygen atoms in total. The zero-order valence-electron chi connectivity index (χ0n) is 20.7. The van der Waals surface area contributed by atoms with E-state index in [1.165, 1.54) is 12.2 Å². The molecule has 0 spiro atoms. The van der Waals surface area contributed by atoms with E-state index in [-0.39, 0.29) is 5.91 Å². The summed E-state index contributed by atoms with van der Waals surface area (Å²) in [6, 6.07) is 0. The highest BCUT2D eigenvalue weighted by atomic mass is 19.1. The van der Waals surface area contributed by atoms with Crippen LogP contribution in [0.15, 0.2) is 48.0 Å². The lowest BCUT2D eigenvalue weighted by Gasteiger charge is -2.18. The smallest absolute Gasteiger partial charge is 0.253 e. The van der Waals surface area contributed by atoms with E-state index < -0.39 is 0 Å². The van der Waals surface area contributed by atoms with Gasteiger partial charge in [-0.3, -0.25) is 9.59 Å². The molecule has 0 aliphatic rings. The van der Waals surface area contributed by atoms with Gasteiger partial charge in [0.05, 0.1) is 11.9 Å². The SMILES string of the molecule is C=C/C(NC=O)=C(\C=C\F)C(C)=CCCc1[nH]c(CC)c(C(=O)NCCN(CC)CC)c1C. The minimum absolute atomic E-state index is 0.0420. The van der Waals surface area contributed by atoms with E-state index in [1.54, 1.807) is 0 Å². The van der Waals surface area contributed by atoms with Gasteiger partial charge in [-0.25, -0.2) is 4.39 Å². The van der Waals surface area contributed by atoms with Crippen LogP contribution in [0, 0.1) is 6.92 Å². The molecule has 0 saturated carbocycles. The summed E-state index contributed by atoms with van der Waals surface area (Å²) in [7, 11) is 0. The largest absolute Gasteiger partial charge is 0.361 e. The number of nitrogens with one attached hydrogen (secondary N) is 3. The first-order valence-electron chi connectivity index (χ1n) is 11.6. The number of allylic oxidation sites excluding steroid dienone is 5. The first-order valence-corrected chi connectivity index (χ1v) is 11.6. The average molecular weight is 459 g/mol. The Labute approximate surface area is 197 Å². The molecule has 0 bridgehead atoms. The van der Waals surface area contributed by atoms with Crippen molar-refractivity contribution in [2.24, 2.45) is 0 Å². The molecule has 0 radical (unpaired) electrons. The quantitative estimate of drug-likeness (QED) is 0.267. The standard InChI is InChI=1S/C26H39FN4O2/c1-7-22(29-18-32)21(14-15-27)19(5)12-11-13-24-20(6)25(23(8-2)30-24)26(33)28-16-17-31(9-3)10-4/h7,12,14-15,18,30H,1,8-11,13,16-17H2,2-6H3,(H,28,33)(H,29,32)/b15-14+,19-12?,22-21-. The van der Waals surface area contributed by atoms with Crippen molar-refractivity contribution in [2.45, 2.75) is 53.9 Å². The molecule has 0 aromatic carbocycles. The summed E-state index contributed by atoms with van der Waals surface area (Å²) in [4.78, 5) is 29.4. The van der Waals surface area contributed by atoms with E-state index in [0.717, 1.165) is 54.1 Å². The van der Waals surface area contributed by atoms with Crippen molar-refractivity contribution in [1.82, 2.24) is 20.5 Å². The summed E-state index contributed by atoms with van der Waals surface area (Å²) in [6.45, 7) is 17.1. The molecule has 0 unspecified atom stereocenters. The normalized spacial score (nSPS) is 12.8. The molecule has 3 N–H and O–H groups in total. The van der Waals surface area contributed by atoms with Gasteiger partial charge in [0.1, 0.15) is 0 Å².